The molecule has 0 aliphatic rings. The Hall–Kier alpha value is -2.82. The first-order chi connectivity index (χ1) is 8.99. The van der Waals surface area contributed by atoms with E-state index in [-0.39, 0.29) is 11.1 Å². The van der Waals surface area contributed by atoms with E-state index in [4.69, 9.17) is 15.9 Å². The SMILES string of the molecule is Nc1cc(C(=O)O)ccc1-c1ccc(C(=O)O)cc1. The van der Waals surface area contributed by atoms with Crippen LogP contribution in [-0.2, 0) is 0 Å². The molecule has 0 fully saturated rings. The van der Waals surface area contributed by atoms with Crippen molar-refractivity contribution in [2.75, 3.05) is 5.73 Å². The summed E-state index contributed by atoms with van der Waals surface area (Å²) in [6.45, 7) is 0. The molecule has 0 atom stereocenters. The number of carboxylic acid groups (broad SMARTS) is 2. The highest BCUT2D eigenvalue weighted by Gasteiger charge is 2.09. The fourth-order valence-electron chi connectivity index (χ4n) is 1.75. The van der Waals surface area contributed by atoms with Crippen LogP contribution >= 0.6 is 0 Å². The molecule has 4 N–H and O–H groups in total. The number of nitrogens with two attached hydrogens (primary N) is 1. The van der Waals surface area contributed by atoms with Crippen LogP contribution in [0.25, 0.3) is 11.1 Å². The Labute approximate surface area is 108 Å². The van der Waals surface area contributed by atoms with Gasteiger partial charge in [0.25, 0.3) is 0 Å². The summed E-state index contributed by atoms with van der Waals surface area (Å²) in [5, 5.41) is 17.7. The predicted octanol–water partition coefficient (Wildman–Crippen LogP) is 2.33. The van der Waals surface area contributed by atoms with E-state index in [0.29, 0.717) is 11.3 Å². The van der Waals surface area contributed by atoms with E-state index < -0.39 is 11.9 Å². The van der Waals surface area contributed by atoms with Gasteiger partial charge in [-0.1, -0.05) is 18.2 Å². The highest BCUT2D eigenvalue weighted by Crippen LogP contribution is 2.27. The molecule has 5 nitrogen and oxygen atoms in total. The highest BCUT2D eigenvalue weighted by atomic mass is 16.4. The summed E-state index contributed by atoms with van der Waals surface area (Å²) in [5.41, 5.74) is 7.85. The molecule has 0 radical (unpaired) electrons. The highest BCUT2D eigenvalue weighted by molar-refractivity contribution is 5.92. The van der Waals surface area contributed by atoms with Crippen molar-refractivity contribution in [1.29, 1.82) is 0 Å². The van der Waals surface area contributed by atoms with Crippen molar-refractivity contribution in [3.63, 3.8) is 0 Å². The number of carboxylic acids is 2. The van der Waals surface area contributed by atoms with Gasteiger partial charge in [0.1, 0.15) is 0 Å². The molecule has 0 aliphatic carbocycles. The van der Waals surface area contributed by atoms with Crippen LogP contribution in [0, 0.1) is 0 Å². The Morgan fingerprint density at radius 2 is 1.37 bits per heavy atom. The fourth-order valence-corrected chi connectivity index (χ4v) is 1.75. The van der Waals surface area contributed by atoms with Crippen molar-refractivity contribution in [2.45, 2.75) is 0 Å². The molecule has 0 saturated carbocycles. The molecule has 2 aromatic rings. The molecular weight excluding hydrogens is 246 g/mol. The molecule has 19 heavy (non-hydrogen) atoms. The standard InChI is InChI=1S/C14H11NO4/c15-12-7-10(14(18)19)5-6-11(12)8-1-3-9(4-2-8)13(16)17/h1-7H,15H2,(H,16,17)(H,18,19). The first-order valence-corrected chi connectivity index (χ1v) is 5.45. The van der Waals surface area contributed by atoms with Gasteiger partial charge in [-0.05, 0) is 29.8 Å². The Balaban J connectivity index is 2.41. The number of carbonyl (C=O) groups is 2. The summed E-state index contributed by atoms with van der Waals surface area (Å²) in [5.74, 6) is -2.04. The third-order valence-corrected chi connectivity index (χ3v) is 2.74. The summed E-state index contributed by atoms with van der Waals surface area (Å²) < 4.78 is 0. The number of hydrogen-bond acceptors (Lipinski definition) is 3. The van der Waals surface area contributed by atoms with Gasteiger partial charge in [0, 0.05) is 11.3 Å². The Bertz CT molecular complexity index is 647. The molecule has 5 heteroatoms. The molecular formula is C14H11NO4. The average Bonchev–Trinajstić information content (AvgIpc) is 2.38. The van der Waals surface area contributed by atoms with Crippen LogP contribution in [0.4, 0.5) is 5.69 Å². The lowest BCUT2D eigenvalue weighted by atomic mass is 10.0. The Morgan fingerprint density at radius 1 is 0.842 bits per heavy atom. The van der Waals surface area contributed by atoms with E-state index in [9.17, 15) is 9.59 Å². The van der Waals surface area contributed by atoms with Crippen LogP contribution in [0.3, 0.4) is 0 Å². The van der Waals surface area contributed by atoms with Gasteiger partial charge < -0.3 is 15.9 Å². The number of nitrogen functional groups attached to an aromatic ring is 1. The Kier molecular flexibility index (Phi) is 3.20. The Morgan fingerprint density at radius 3 is 1.84 bits per heavy atom. The van der Waals surface area contributed by atoms with Gasteiger partial charge in [-0.3, -0.25) is 0 Å². The van der Waals surface area contributed by atoms with E-state index in [0.717, 1.165) is 5.56 Å². The summed E-state index contributed by atoms with van der Waals surface area (Å²) in [4.78, 5) is 21.5. The van der Waals surface area contributed by atoms with Gasteiger partial charge >= 0.3 is 11.9 Å². The van der Waals surface area contributed by atoms with E-state index >= 15 is 0 Å². The van der Waals surface area contributed by atoms with E-state index in [2.05, 4.69) is 0 Å². The van der Waals surface area contributed by atoms with Gasteiger partial charge in [-0.25, -0.2) is 9.59 Å². The zero-order chi connectivity index (χ0) is 14.0. The largest absolute Gasteiger partial charge is 0.478 e. The molecule has 96 valence electrons. The maximum absolute atomic E-state index is 10.8. The topological polar surface area (TPSA) is 101 Å². The van der Waals surface area contributed by atoms with Crippen molar-refractivity contribution in [3.8, 4) is 11.1 Å². The molecule has 0 aliphatic heterocycles. The van der Waals surface area contributed by atoms with E-state index in [1.165, 1.54) is 24.3 Å². The van der Waals surface area contributed by atoms with Crippen molar-refractivity contribution in [1.82, 2.24) is 0 Å². The van der Waals surface area contributed by atoms with Gasteiger partial charge in [-0.15, -0.1) is 0 Å². The monoisotopic (exact) mass is 257 g/mol. The third-order valence-electron chi connectivity index (χ3n) is 2.74. The summed E-state index contributed by atoms with van der Waals surface area (Å²) >= 11 is 0. The van der Waals surface area contributed by atoms with Gasteiger partial charge in [0.05, 0.1) is 11.1 Å². The number of benzene rings is 2. The molecule has 0 saturated heterocycles. The second-order valence-electron chi connectivity index (χ2n) is 3.99. The third kappa shape index (κ3) is 2.55. The molecule has 0 amide bonds. The summed E-state index contributed by atoms with van der Waals surface area (Å²) in [7, 11) is 0. The van der Waals surface area contributed by atoms with E-state index in [1.807, 2.05) is 0 Å². The lowest BCUT2D eigenvalue weighted by Crippen LogP contribution is -1.99. The van der Waals surface area contributed by atoms with Crippen molar-refractivity contribution in [3.05, 3.63) is 53.6 Å². The molecule has 0 bridgehead atoms. The smallest absolute Gasteiger partial charge is 0.335 e. The van der Waals surface area contributed by atoms with Crippen molar-refractivity contribution >= 4 is 17.6 Å². The lowest BCUT2D eigenvalue weighted by Gasteiger charge is -2.07. The molecule has 2 rings (SSSR count). The molecule has 0 aromatic heterocycles. The quantitative estimate of drug-likeness (QED) is 0.732. The minimum absolute atomic E-state index is 0.114. The number of aromatic carboxylic acids is 2. The average molecular weight is 257 g/mol. The zero-order valence-corrected chi connectivity index (χ0v) is 9.83. The van der Waals surface area contributed by atoms with Crippen LogP contribution in [0.5, 0.6) is 0 Å². The molecule has 0 heterocycles. The minimum atomic E-state index is -1.04. The fraction of sp³-hybridized carbons (Fsp3) is 0. The first-order valence-electron chi connectivity index (χ1n) is 5.45. The van der Waals surface area contributed by atoms with Crippen molar-refractivity contribution in [2.24, 2.45) is 0 Å². The van der Waals surface area contributed by atoms with Gasteiger partial charge in [0.2, 0.25) is 0 Å². The zero-order valence-electron chi connectivity index (χ0n) is 9.83. The van der Waals surface area contributed by atoms with Gasteiger partial charge in [-0.2, -0.15) is 0 Å². The maximum Gasteiger partial charge on any atom is 0.335 e. The number of rotatable bonds is 3. The van der Waals surface area contributed by atoms with Crippen LogP contribution in [-0.4, -0.2) is 22.2 Å². The number of anilines is 1. The molecule has 0 unspecified atom stereocenters. The van der Waals surface area contributed by atoms with Crippen LogP contribution < -0.4 is 5.73 Å². The van der Waals surface area contributed by atoms with Crippen molar-refractivity contribution < 1.29 is 19.8 Å². The van der Waals surface area contributed by atoms with Crippen LogP contribution in [0.1, 0.15) is 20.7 Å². The molecule has 2 aromatic carbocycles. The normalized spacial score (nSPS) is 10.1. The maximum atomic E-state index is 10.8. The lowest BCUT2D eigenvalue weighted by molar-refractivity contribution is 0.0686. The minimum Gasteiger partial charge on any atom is -0.478 e. The predicted molar refractivity (Wildman–Crippen MR) is 70.2 cm³/mol. The first kappa shape index (κ1) is 12.6. The second-order valence-corrected chi connectivity index (χ2v) is 3.99. The number of hydrogen-bond donors (Lipinski definition) is 3. The van der Waals surface area contributed by atoms with Crippen LogP contribution in [0.2, 0.25) is 0 Å². The summed E-state index contributed by atoms with van der Waals surface area (Å²) in [6.07, 6.45) is 0. The van der Waals surface area contributed by atoms with E-state index in [1.54, 1.807) is 18.2 Å². The summed E-state index contributed by atoms with van der Waals surface area (Å²) in [6, 6.07) is 10.7. The molecule has 0 spiro atoms. The second kappa shape index (κ2) is 4.81. The van der Waals surface area contributed by atoms with Crippen LogP contribution in [0.15, 0.2) is 42.5 Å². The van der Waals surface area contributed by atoms with Gasteiger partial charge in [0.15, 0.2) is 0 Å².